The SMILES string of the molecule is COC(=O)c1nnn(-c2ccc(OC)cc2)c1C(C)C. The second-order valence-electron chi connectivity index (χ2n) is 4.58. The second-order valence-corrected chi connectivity index (χ2v) is 4.58. The van der Waals surface area contributed by atoms with E-state index in [1.807, 2.05) is 38.1 Å². The summed E-state index contributed by atoms with van der Waals surface area (Å²) in [7, 11) is 2.94. The first-order valence-corrected chi connectivity index (χ1v) is 6.26. The molecule has 6 heteroatoms. The third-order valence-corrected chi connectivity index (χ3v) is 2.95. The Labute approximate surface area is 117 Å². The van der Waals surface area contributed by atoms with Crippen LogP contribution in [0.15, 0.2) is 24.3 Å². The van der Waals surface area contributed by atoms with Crippen molar-refractivity contribution in [2.24, 2.45) is 0 Å². The van der Waals surface area contributed by atoms with Crippen LogP contribution >= 0.6 is 0 Å². The molecule has 1 aromatic heterocycles. The van der Waals surface area contributed by atoms with Gasteiger partial charge in [-0.15, -0.1) is 5.10 Å². The van der Waals surface area contributed by atoms with E-state index in [4.69, 9.17) is 9.47 Å². The van der Waals surface area contributed by atoms with Crippen molar-refractivity contribution in [1.82, 2.24) is 15.0 Å². The first-order chi connectivity index (χ1) is 9.58. The third kappa shape index (κ3) is 2.49. The fraction of sp³-hybridized carbons (Fsp3) is 0.357. The number of nitrogens with zero attached hydrogens (tertiary/aromatic N) is 3. The van der Waals surface area contributed by atoms with Crippen molar-refractivity contribution in [3.63, 3.8) is 0 Å². The van der Waals surface area contributed by atoms with Crippen molar-refractivity contribution < 1.29 is 14.3 Å². The van der Waals surface area contributed by atoms with E-state index in [2.05, 4.69) is 10.3 Å². The molecule has 2 aromatic rings. The van der Waals surface area contributed by atoms with Crippen LogP contribution in [-0.4, -0.2) is 35.2 Å². The number of carbonyl (C=O) groups excluding carboxylic acids is 1. The zero-order valence-electron chi connectivity index (χ0n) is 12.0. The van der Waals surface area contributed by atoms with Crippen LogP contribution in [0.3, 0.4) is 0 Å². The summed E-state index contributed by atoms with van der Waals surface area (Å²) in [5.74, 6) is 0.364. The van der Waals surface area contributed by atoms with E-state index in [0.29, 0.717) is 0 Å². The van der Waals surface area contributed by atoms with Crippen molar-refractivity contribution in [2.45, 2.75) is 19.8 Å². The van der Waals surface area contributed by atoms with Crippen LogP contribution in [0.25, 0.3) is 5.69 Å². The van der Waals surface area contributed by atoms with Crippen LogP contribution in [0.5, 0.6) is 5.75 Å². The van der Waals surface area contributed by atoms with Gasteiger partial charge in [0.05, 0.1) is 25.6 Å². The number of rotatable bonds is 4. The summed E-state index contributed by atoms with van der Waals surface area (Å²) in [5, 5.41) is 7.99. The Morgan fingerprint density at radius 2 is 1.85 bits per heavy atom. The summed E-state index contributed by atoms with van der Waals surface area (Å²) >= 11 is 0. The normalized spacial score (nSPS) is 10.7. The predicted octanol–water partition coefficient (Wildman–Crippen LogP) is 2.19. The molecule has 0 aliphatic carbocycles. The van der Waals surface area contributed by atoms with Crippen LogP contribution in [-0.2, 0) is 4.74 Å². The zero-order chi connectivity index (χ0) is 14.7. The molecule has 0 atom stereocenters. The Morgan fingerprint density at radius 1 is 1.20 bits per heavy atom. The minimum Gasteiger partial charge on any atom is -0.497 e. The molecule has 2 rings (SSSR count). The summed E-state index contributed by atoms with van der Waals surface area (Å²) in [6.45, 7) is 3.95. The lowest BCUT2D eigenvalue weighted by atomic mass is 10.1. The quantitative estimate of drug-likeness (QED) is 0.800. The highest BCUT2D eigenvalue weighted by molar-refractivity contribution is 5.88. The maximum atomic E-state index is 11.7. The molecular weight excluding hydrogens is 258 g/mol. The van der Waals surface area contributed by atoms with Gasteiger partial charge in [-0.3, -0.25) is 0 Å². The maximum Gasteiger partial charge on any atom is 0.360 e. The number of carbonyl (C=O) groups is 1. The van der Waals surface area contributed by atoms with E-state index in [1.54, 1.807) is 11.8 Å². The maximum absolute atomic E-state index is 11.7. The summed E-state index contributed by atoms with van der Waals surface area (Å²) < 4.78 is 11.5. The Morgan fingerprint density at radius 3 is 2.35 bits per heavy atom. The number of hydrogen-bond acceptors (Lipinski definition) is 5. The van der Waals surface area contributed by atoms with E-state index in [0.717, 1.165) is 17.1 Å². The smallest absolute Gasteiger partial charge is 0.360 e. The topological polar surface area (TPSA) is 66.2 Å². The fourth-order valence-corrected chi connectivity index (χ4v) is 1.96. The van der Waals surface area contributed by atoms with Gasteiger partial charge in [0.1, 0.15) is 5.75 Å². The highest BCUT2D eigenvalue weighted by atomic mass is 16.5. The average molecular weight is 275 g/mol. The number of aromatic nitrogens is 3. The monoisotopic (exact) mass is 275 g/mol. The van der Waals surface area contributed by atoms with Crippen LogP contribution in [0.4, 0.5) is 0 Å². The molecule has 1 heterocycles. The van der Waals surface area contributed by atoms with Gasteiger partial charge in [0, 0.05) is 0 Å². The third-order valence-electron chi connectivity index (χ3n) is 2.95. The van der Waals surface area contributed by atoms with Crippen molar-refractivity contribution in [2.75, 3.05) is 14.2 Å². The molecule has 0 saturated heterocycles. The van der Waals surface area contributed by atoms with Crippen LogP contribution < -0.4 is 4.74 Å². The van der Waals surface area contributed by atoms with Gasteiger partial charge >= 0.3 is 5.97 Å². The van der Waals surface area contributed by atoms with Crippen molar-refractivity contribution in [3.8, 4) is 11.4 Å². The summed E-state index contributed by atoms with van der Waals surface area (Å²) in [6, 6.07) is 7.39. The molecule has 0 fully saturated rings. The van der Waals surface area contributed by atoms with Crippen molar-refractivity contribution >= 4 is 5.97 Å². The summed E-state index contributed by atoms with van der Waals surface area (Å²) in [6.07, 6.45) is 0. The molecule has 0 bridgehead atoms. The minimum atomic E-state index is -0.478. The number of ether oxygens (including phenoxy) is 2. The minimum absolute atomic E-state index is 0.0844. The van der Waals surface area contributed by atoms with Crippen LogP contribution in [0.2, 0.25) is 0 Å². The molecule has 20 heavy (non-hydrogen) atoms. The van der Waals surface area contributed by atoms with Crippen molar-refractivity contribution in [1.29, 1.82) is 0 Å². The Bertz CT molecular complexity index is 603. The first-order valence-electron chi connectivity index (χ1n) is 6.26. The first kappa shape index (κ1) is 14.0. The Balaban J connectivity index is 2.50. The zero-order valence-corrected chi connectivity index (χ0v) is 12.0. The molecule has 6 nitrogen and oxygen atoms in total. The molecule has 0 aliphatic heterocycles. The Kier molecular flexibility index (Phi) is 4.02. The Hall–Kier alpha value is -2.37. The van der Waals surface area contributed by atoms with Gasteiger partial charge < -0.3 is 9.47 Å². The molecule has 0 spiro atoms. The van der Waals surface area contributed by atoms with Crippen LogP contribution in [0.1, 0.15) is 35.9 Å². The fourth-order valence-electron chi connectivity index (χ4n) is 1.96. The summed E-state index contributed by atoms with van der Waals surface area (Å²) in [5.41, 5.74) is 1.79. The molecular formula is C14H17N3O3. The summed E-state index contributed by atoms with van der Waals surface area (Å²) in [4.78, 5) is 11.7. The van der Waals surface area contributed by atoms with Gasteiger partial charge in [0.25, 0.3) is 0 Å². The molecule has 0 radical (unpaired) electrons. The number of hydrogen-bond donors (Lipinski definition) is 0. The highest BCUT2D eigenvalue weighted by Gasteiger charge is 2.23. The standard InChI is InChI=1S/C14H17N3O3/c1-9(2)13-12(14(18)20-4)15-16-17(13)10-5-7-11(19-3)8-6-10/h5-9H,1-4H3. The van der Waals surface area contributed by atoms with Crippen molar-refractivity contribution in [3.05, 3.63) is 35.7 Å². The molecule has 0 aliphatic rings. The molecule has 0 amide bonds. The van der Waals surface area contributed by atoms with E-state index < -0.39 is 5.97 Å². The van der Waals surface area contributed by atoms with Gasteiger partial charge in [-0.1, -0.05) is 19.1 Å². The number of benzene rings is 1. The van der Waals surface area contributed by atoms with E-state index in [1.165, 1.54) is 7.11 Å². The number of methoxy groups -OCH3 is 2. The second kappa shape index (κ2) is 5.73. The largest absolute Gasteiger partial charge is 0.497 e. The van der Waals surface area contributed by atoms with Crippen LogP contribution in [0, 0.1) is 0 Å². The highest BCUT2D eigenvalue weighted by Crippen LogP contribution is 2.23. The molecule has 106 valence electrons. The van der Waals surface area contributed by atoms with E-state index >= 15 is 0 Å². The van der Waals surface area contributed by atoms with Gasteiger partial charge in [0.15, 0.2) is 5.69 Å². The predicted molar refractivity (Wildman–Crippen MR) is 73.3 cm³/mol. The lowest BCUT2D eigenvalue weighted by Crippen LogP contribution is -2.10. The molecule has 1 aromatic carbocycles. The van der Waals surface area contributed by atoms with E-state index in [-0.39, 0.29) is 11.6 Å². The molecule has 0 saturated carbocycles. The van der Waals surface area contributed by atoms with Gasteiger partial charge in [-0.2, -0.15) is 0 Å². The average Bonchev–Trinajstić information content (AvgIpc) is 2.91. The molecule has 0 unspecified atom stereocenters. The molecule has 0 N–H and O–H groups in total. The lowest BCUT2D eigenvalue weighted by molar-refractivity contribution is 0.0592. The number of esters is 1. The van der Waals surface area contributed by atoms with E-state index in [9.17, 15) is 4.79 Å². The van der Waals surface area contributed by atoms with Gasteiger partial charge in [-0.25, -0.2) is 9.48 Å². The van der Waals surface area contributed by atoms with Gasteiger partial charge in [-0.05, 0) is 30.2 Å². The lowest BCUT2D eigenvalue weighted by Gasteiger charge is -2.10. The van der Waals surface area contributed by atoms with Gasteiger partial charge in [0.2, 0.25) is 0 Å².